The van der Waals surface area contributed by atoms with Crippen LogP contribution in [0.1, 0.15) is 31.4 Å². The first-order chi connectivity index (χ1) is 12.8. The third-order valence-corrected chi connectivity index (χ3v) is 5.13. The molecule has 1 aliphatic rings. The highest BCUT2D eigenvalue weighted by Gasteiger charge is 2.35. The van der Waals surface area contributed by atoms with E-state index in [1.165, 1.54) is 24.3 Å². The number of hydrogen-bond acceptors (Lipinski definition) is 2. The fourth-order valence-electron chi connectivity index (χ4n) is 3.58. The number of aromatic nitrogens is 2. The summed E-state index contributed by atoms with van der Waals surface area (Å²) < 4.78 is 55.3. The van der Waals surface area contributed by atoms with Gasteiger partial charge in [0.05, 0.1) is 5.02 Å². The van der Waals surface area contributed by atoms with Gasteiger partial charge in [0.15, 0.2) is 0 Å². The van der Waals surface area contributed by atoms with Crippen LogP contribution in [0.4, 0.5) is 23.4 Å². The van der Waals surface area contributed by atoms with Gasteiger partial charge < -0.3 is 5.32 Å². The average Bonchev–Trinajstić information content (AvgIpc) is 3.22. The van der Waals surface area contributed by atoms with Gasteiger partial charge in [0, 0.05) is 11.6 Å². The van der Waals surface area contributed by atoms with Crippen LogP contribution in [0, 0.1) is 5.82 Å². The molecular weight excluding hydrogens is 382 g/mol. The molecule has 142 valence electrons. The van der Waals surface area contributed by atoms with Gasteiger partial charge in [-0.3, -0.25) is 4.40 Å². The molecule has 0 spiro atoms. The molecule has 1 aliphatic carbocycles. The van der Waals surface area contributed by atoms with E-state index in [1.54, 1.807) is 0 Å². The quantitative estimate of drug-likeness (QED) is 0.536. The third kappa shape index (κ3) is 3.36. The number of nitrogens with zero attached hydrogens (tertiary/aromatic N) is 2. The first-order valence-electron chi connectivity index (χ1n) is 8.65. The minimum absolute atomic E-state index is 0.0594. The number of hydrogen-bond donors (Lipinski definition) is 1. The Hall–Kier alpha value is -2.28. The van der Waals surface area contributed by atoms with Crippen molar-refractivity contribution in [1.82, 2.24) is 9.38 Å². The van der Waals surface area contributed by atoms with E-state index < -0.39 is 17.7 Å². The zero-order valence-electron chi connectivity index (χ0n) is 14.2. The van der Waals surface area contributed by atoms with E-state index in [-0.39, 0.29) is 28.2 Å². The second-order valence-corrected chi connectivity index (χ2v) is 7.07. The predicted octanol–water partition coefficient (Wildman–Crippen LogP) is 6.17. The lowest BCUT2D eigenvalue weighted by molar-refractivity contribution is -0.141. The van der Waals surface area contributed by atoms with E-state index in [0.717, 1.165) is 42.2 Å². The van der Waals surface area contributed by atoms with Gasteiger partial charge in [-0.05, 0) is 43.2 Å². The topological polar surface area (TPSA) is 29.3 Å². The second kappa shape index (κ2) is 6.71. The first kappa shape index (κ1) is 18.1. The minimum Gasteiger partial charge on any atom is -0.367 e. The summed E-state index contributed by atoms with van der Waals surface area (Å²) in [5.74, 6) is -0.285. The zero-order chi connectivity index (χ0) is 19.2. The van der Waals surface area contributed by atoms with Gasteiger partial charge in [-0.2, -0.15) is 13.2 Å². The minimum atomic E-state index is -4.55. The molecule has 8 heteroatoms. The Morgan fingerprint density at radius 1 is 1.11 bits per heavy atom. The van der Waals surface area contributed by atoms with Gasteiger partial charge in [-0.1, -0.05) is 30.5 Å². The number of fused-ring (bicyclic) bond motifs is 1. The number of imidazole rings is 1. The van der Waals surface area contributed by atoms with Crippen molar-refractivity contribution in [2.45, 2.75) is 37.9 Å². The Morgan fingerprint density at radius 3 is 2.52 bits per heavy atom. The molecule has 27 heavy (non-hydrogen) atoms. The zero-order valence-corrected chi connectivity index (χ0v) is 14.9. The molecule has 1 N–H and O–H groups in total. The molecule has 0 radical (unpaired) electrons. The fourth-order valence-corrected chi connectivity index (χ4v) is 3.84. The van der Waals surface area contributed by atoms with Crippen LogP contribution in [0.5, 0.6) is 0 Å². The summed E-state index contributed by atoms with van der Waals surface area (Å²) in [6.45, 7) is 0. The molecule has 2 heterocycles. The molecule has 0 saturated heterocycles. The maximum atomic E-state index is 13.6. The monoisotopic (exact) mass is 397 g/mol. The van der Waals surface area contributed by atoms with E-state index >= 15 is 0 Å². The van der Waals surface area contributed by atoms with Gasteiger partial charge in [-0.25, -0.2) is 9.37 Å². The highest BCUT2D eigenvalue weighted by Crippen LogP contribution is 2.39. The van der Waals surface area contributed by atoms with Crippen molar-refractivity contribution in [3.63, 3.8) is 0 Å². The number of anilines is 1. The third-order valence-electron chi connectivity index (χ3n) is 4.82. The SMILES string of the molecule is Fc1ccc(-c2nc3cccc(C(F)(F)F)n3c2NC2CCCC2)c(Cl)c1. The van der Waals surface area contributed by atoms with E-state index in [0.29, 0.717) is 5.56 Å². The second-order valence-electron chi connectivity index (χ2n) is 6.66. The summed E-state index contributed by atoms with van der Waals surface area (Å²) in [6.07, 6.45) is -0.757. The molecule has 2 aromatic heterocycles. The predicted molar refractivity (Wildman–Crippen MR) is 96.5 cm³/mol. The summed E-state index contributed by atoms with van der Waals surface area (Å²) in [4.78, 5) is 4.38. The average molecular weight is 398 g/mol. The molecule has 0 unspecified atom stereocenters. The van der Waals surface area contributed by atoms with Crippen LogP contribution < -0.4 is 5.32 Å². The molecule has 3 nitrogen and oxygen atoms in total. The Morgan fingerprint density at radius 2 is 1.85 bits per heavy atom. The molecule has 1 saturated carbocycles. The normalized spacial score (nSPS) is 15.6. The summed E-state index contributed by atoms with van der Waals surface area (Å²) in [5, 5.41) is 3.33. The standard InChI is InChI=1S/C19H16ClF4N3/c20-14-10-11(21)8-9-13(14)17-18(25-12-4-1-2-5-12)27-15(19(22,23)24)6-3-7-16(27)26-17/h3,6-10,12,25H,1-2,4-5H2. The Kier molecular flexibility index (Phi) is 4.50. The highest BCUT2D eigenvalue weighted by atomic mass is 35.5. The lowest BCUT2D eigenvalue weighted by atomic mass is 10.1. The molecule has 1 aromatic carbocycles. The number of benzene rings is 1. The number of pyridine rings is 1. The van der Waals surface area contributed by atoms with Crippen LogP contribution in [0.15, 0.2) is 36.4 Å². The van der Waals surface area contributed by atoms with Crippen LogP contribution in [-0.4, -0.2) is 15.4 Å². The molecule has 0 aliphatic heterocycles. The molecule has 1 fully saturated rings. The van der Waals surface area contributed by atoms with Crippen LogP contribution in [0.3, 0.4) is 0 Å². The number of nitrogens with one attached hydrogen (secondary N) is 1. The fraction of sp³-hybridized carbons (Fsp3) is 0.316. The molecule has 0 atom stereocenters. The van der Waals surface area contributed by atoms with E-state index in [9.17, 15) is 17.6 Å². The van der Waals surface area contributed by atoms with Crippen LogP contribution in [0.2, 0.25) is 5.02 Å². The smallest absolute Gasteiger partial charge is 0.367 e. The van der Waals surface area contributed by atoms with E-state index in [2.05, 4.69) is 10.3 Å². The maximum Gasteiger partial charge on any atom is 0.431 e. The molecule has 0 bridgehead atoms. The number of rotatable bonds is 3. The van der Waals surface area contributed by atoms with Crippen molar-refractivity contribution in [3.05, 3.63) is 52.9 Å². The van der Waals surface area contributed by atoms with Crippen molar-refractivity contribution in [3.8, 4) is 11.3 Å². The van der Waals surface area contributed by atoms with Gasteiger partial charge in [-0.15, -0.1) is 0 Å². The number of alkyl halides is 3. The summed E-state index contributed by atoms with van der Waals surface area (Å²) in [6, 6.07) is 7.69. The van der Waals surface area contributed by atoms with Crippen molar-refractivity contribution < 1.29 is 17.6 Å². The molecule has 0 amide bonds. The lowest BCUT2D eigenvalue weighted by Crippen LogP contribution is -2.19. The lowest BCUT2D eigenvalue weighted by Gasteiger charge is -2.18. The van der Waals surface area contributed by atoms with Crippen molar-refractivity contribution in [1.29, 1.82) is 0 Å². The Labute approximate surface area is 158 Å². The summed E-state index contributed by atoms with van der Waals surface area (Å²) in [7, 11) is 0. The molecule has 4 rings (SSSR count). The van der Waals surface area contributed by atoms with Gasteiger partial charge in [0.2, 0.25) is 0 Å². The van der Waals surface area contributed by atoms with E-state index in [1.807, 2.05) is 0 Å². The maximum absolute atomic E-state index is 13.6. The van der Waals surface area contributed by atoms with Crippen LogP contribution in [0.25, 0.3) is 16.9 Å². The highest BCUT2D eigenvalue weighted by molar-refractivity contribution is 6.33. The van der Waals surface area contributed by atoms with Crippen LogP contribution >= 0.6 is 11.6 Å². The Bertz CT molecular complexity index is 991. The van der Waals surface area contributed by atoms with Gasteiger partial charge in [0.25, 0.3) is 0 Å². The van der Waals surface area contributed by atoms with Crippen molar-refractivity contribution in [2.24, 2.45) is 0 Å². The molecule has 3 aromatic rings. The van der Waals surface area contributed by atoms with Crippen molar-refractivity contribution in [2.75, 3.05) is 5.32 Å². The van der Waals surface area contributed by atoms with Gasteiger partial charge >= 0.3 is 6.18 Å². The summed E-state index contributed by atoms with van der Waals surface area (Å²) in [5.41, 5.74) is -0.00261. The van der Waals surface area contributed by atoms with E-state index in [4.69, 9.17) is 11.6 Å². The van der Waals surface area contributed by atoms with Crippen LogP contribution in [-0.2, 0) is 6.18 Å². The van der Waals surface area contributed by atoms with Gasteiger partial charge in [0.1, 0.15) is 28.7 Å². The Balaban J connectivity index is 1.97. The number of halogens is 5. The van der Waals surface area contributed by atoms with Crippen molar-refractivity contribution >= 4 is 23.1 Å². The molecular formula is C19H16ClF4N3. The first-order valence-corrected chi connectivity index (χ1v) is 9.03. The largest absolute Gasteiger partial charge is 0.431 e. The summed E-state index contributed by atoms with van der Waals surface area (Å²) >= 11 is 6.17.